The molecule has 0 atom stereocenters. The van der Waals surface area contributed by atoms with Gasteiger partial charge in [-0.1, -0.05) is 17.7 Å². The summed E-state index contributed by atoms with van der Waals surface area (Å²) in [5.74, 6) is -0.193. The summed E-state index contributed by atoms with van der Waals surface area (Å²) in [4.78, 5) is 24.3. The third-order valence-electron chi connectivity index (χ3n) is 3.47. The van der Waals surface area contributed by atoms with E-state index >= 15 is 0 Å². The van der Waals surface area contributed by atoms with Gasteiger partial charge in [0.25, 0.3) is 0 Å². The fourth-order valence-electron chi connectivity index (χ4n) is 2.22. The topological polar surface area (TPSA) is 75.6 Å². The highest BCUT2D eigenvalue weighted by Crippen LogP contribution is 2.26. The van der Waals surface area contributed by atoms with Crippen LogP contribution in [0.25, 0.3) is 0 Å². The minimum absolute atomic E-state index is 0.00904. The standard InChI is InChI=1S/C18H18ClNO4/c1-11-3-5-16(22)14(9-11)20-18(23)8-6-15(21)13-10-12(19)4-7-17(13)24-2/h3-5,7,9-10,22H,6,8H2,1-2H3,(H,20,23). The number of methoxy groups -OCH3 is 1. The number of benzene rings is 2. The summed E-state index contributed by atoms with van der Waals surface area (Å²) in [5, 5.41) is 12.7. The Hall–Kier alpha value is -2.53. The number of anilines is 1. The van der Waals surface area contributed by atoms with Gasteiger partial charge in [-0.15, -0.1) is 0 Å². The highest BCUT2D eigenvalue weighted by Gasteiger charge is 2.15. The van der Waals surface area contributed by atoms with E-state index in [9.17, 15) is 14.7 Å². The lowest BCUT2D eigenvalue weighted by Crippen LogP contribution is -2.14. The first kappa shape index (κ1) is 17.8. The molecule has 2 rings (SSSR count). The van der Waals surface area contributed by atoms with Crippen LogP contribution in [0.5, 0.6) is 11.5 Å². The number of aromatic hydroxyl groups is 1. The summed E-state index contributed by atoms with van der Waals surface area (Å²) in [5.41, 5.74) is 1.58. The first-order valence-electron chi connectivity index (χ1n) is 7.37. The molecule has 0 fully saturated rings. The van der Waals surface area contributed by atoms with Gasteiger partial charge in [-0.05, 0) is 42.8 Å². The number of rotatable bonds is 6. The molecule has 0 radical (unpaired) electrons. The van der Waals surface area contributed by atoms with Crippen molar-refractivity contribution in [1.82, 2.24) is 0 Å². The fraction of sp³-hybridized carbons (Fsp3) is 0.222. The molecule has 0 aliphatic rings. The Morgan fingerprint density at radius 2 is 1.92 bits per heavy atom. The van der Waals surface area contributed by atoms with Crippen molar-refractivity contribution in [3.8, 4) is 11.5 Å². The van der Waals surface area contributed by atoms with E-state index in [1.54, 1.807) is 24.3 Å². The predicted octanol–water partition coefficient (Wildman–Crippen LogP) is 3.96. The largest absolute Gasteiger partial charge is 0.506 e. The zero-order valence-corrected chi connectivity index (χ0v) is 14.2. The summed E-state index contributed by atoms with van der Waals surface area (Å²) < 4.78 is 5.14. The second kappa shape index (κ2) is 7.84. The van der Waals surface area contributed by atoms with Gasteiger partial charge in [-0.2, -0.15) is 0 Å². The predicted molar refractivity (Wildman–Crippen MR) is 93.0 cm³/mol. The number of aryl methyl sites for hydroxylation is 1. The van der Waals surface area contributed by atoms with E-state index in [0.717, 1.165) is 5.56 Å². The number of carbonyl (C=O) groups is 2. The lowest BCUT2D eigenvalue weighted by atomic mass is 10.1. The lowest BCUT2D eigenvalue weighted by Gasteiger charge is -2.09. The van der Waals surface area contributed by atoms with Gasteiger partial charge < -0.3 is 15.2 Å². The number of carbonyl (C=O) groups excluding carboxylic acids is 2. The van der Waals surface area contributed by atoms with Crippen LogP contribution in [0, 0.1) is 6.92 Å². The summed E-state index contributed by atoms with van der Waals surface area (Å²) >= 11 is 5.91. The van der Waals surface area contributed by atoms with E-state index in [2.05, 4.69) is 5.32 Å². The van der Waals surface area contributed by atoms with Gasteiger partial charge in [0.15, 0.2) is 5.78 Å². The molecule has 0 bridgehead atoms. The van der Waals surface area contributed by atoms with E-state index in [1.165, 1.54) is 19.2 Å². The Morgan fingerprint density at radius 1 is 1.17 bits per heavy atom. The molecule has 2 aromatic rings. The minimum Gasteiger partial charge on any atom is -0.506 e. The van der Waals surface area contributed by atoms with Crippen LogP contribution in [-0.2, 0) is 4.79 Å². The van der Waals surface area contributed by atoms with Crippen molar-refractivity contribution >= 4 is 29.0 Å². The zero-order chi connectivity index (χ0) is 17.7. The molecular weight excluding hydrogens is 330 g/mol. The second-order valence-electron chi connectivity index (χ2n) is 5.34. The third kappa shape index (κ3) is 4.49. The molecule has 1 amide bonds. The van der Waals surface area contributed by atoms with Crippen molar-refractivity contribution in [2.45, 2.75) is 19.8 Å². The number of phenols is 1. The first-order valence-corrected chi connectivity index (χ1v) is 7.74. The van der Waals surface area contributed by atoms with Crippen LogP contribution in [0.3, 0.4) is 0 Å². The summed E-state index contributed by atoms with van der Waals surface area (Å²) in [6, 6.07) is 9.67. The highest BCUT2D eigenvalue weighted by atomic mass is 35.5. The lowest BCUT2D eigenvalue weighted by molar-refractivity contribution is -0.116. The van der Waals surface area contributed by atoms with E-state index < -0.39 is 0 Å². The number of halogens is 1. The molecule has 24 heavy (non-hydrogen) atoms. The van der Waals surface area contributed by atoms with E-state index in [1.807, 2.05) is 6.92 Å². The summed E-state index contributed by atoms with van der Waals surface area (Å²) in [7, 11) is 1.47. The number of Topliss-reactive ketones (excluding diaryl/α,β-unsaturated/α-hetero) is 1. The highest BCUT2D eigenvalue weighted by molar-refractivity contribution is 6.31. The van der Waals surface area contributed by atoms with Gasteiger partial charge in [0.1, 0.15) is 11.5 Å². The first-order chi connectivity index (χ1) is 11.4. The van der Waals surface area contributed by atoms with Gasteiger partial charge >= 0.3 is 0 Å². The van der Waals surface area contributed by atoms with E-state index in [0.29, 0.717) is 22.0 Å². The third-order valence-corrected chi connectivity index (χ3v) is 3.70. The molecule has 0 unspecified atom stereocenters. The number of phenolic OH excluding ortho intramolecular Hbond substituents is 1. The van der Waals surface area contributed by atoms with Gasteiger partial charge in [0.05, 0.1) is 18.4 Å². The average molecular weight is 348 g/mol. The molecule has 126 valence electrons. The van der Waals surface area contributed by atoms with Crippen molar-refractivity contribution in [2.75, 3.05) is 12.4 Å². The molecule has 0 spiro atoms. The number of hydrogen-bond donors (Lipinski definition) is 2. The van der Waals surface area contributed by atoms with Crippen molar-refractivity contribution in [3.05, 3.63) is 52.5 Å². The van der Waals surface area contributed by atoms with Crippen molar-refractivity contribution in [3.63, 3.8) is 0 Å². The summed E-state index contributed by atoms with van der Waals surface area (Å²) in [6.45, 7) is 1.85. The van der Waals surface area contributed by atoms with Crippen LogP contribution in [0.1, 0.15) is 28.8 Å². The van der Waals surface area contributed by atoms with Gasteiger partial charge in [0.2, 0.25) is 5.91 Å². The van der Waals surface area contributed by atoms with Crippen LogP contribution in [0.15, 0.2) is 36.4 Å². The van der Waals surface area contributed by atoms with E-state index in [4.69, 9.17) is 16.3 Å². The SMILES string of the molecule is COc1ccc(Cl)cc1C(=O)CCC(=O)Nc1cc(C)ccc1O. The normalized spacial score (nSPS) is 10.3. The molecule has 0 saturated heterocycles. The number of ketones is 1. The number of nitrogens with one attached hydrogen (secondary N) is 1. The maximum Gasteiger partial charge on any atom is 0.224 e. The molecule has 5 nitrogen and oxygen atoms in total. The van der Waals surface area contributed by atoms with Crippen LogP contribution < -0.4 is 10.1 Å². The van der Waals surface area contributed by atoms with Gasteiger partial charge in [-0.3, -0.25) is 9.59 Å². The van der Waals surface area contributed by atoms with Gasteiger partial charge in [0, 0.05) is 17.9 Å². The zero-order valence-electron chi connectivity index (χ0n) is 13.4. The number of hydrogen-bond acceptors (Lipinski definition) is 4. The Bertz CT molecular complexity index is 774. The second-order valence-corrected chi connectivity index (χ2v) is 5.77. The van der Waals surface area contributed by atoms with Crippen molar-refractivity contribution < 1.29 is 19.4 Å². The average Bonchev–Trinajstić information content (AvgIpc) is 2.56. The van der Waals surface area contributed by atoms with E-state index in [-0.39, 0.29) is 30.3 Å². The minimum atomic E-state index is -0.356. The monoisotopic (exact) mass is 347 g/mol. The molecule has 0 heterocycles. The fourth-order valence-corrected chi connectivity index (χ4v) is 2.39. The molecule has 2 aromatic carbocycles. The van der Waals surface area contributed by atoms with Crippen LogP contribution >= 0.6 is 11.6 Å². The van der Waals surface area contributed by atoms with Gasteiger partial charge in [-0.25, -0.2) is 0 Å². The van der Waals surface area contributed by atoms with Crippen molar-refractivity contribution in [2.24, 2.45) is 0 Å². The van der Waals surface area contributed by atoms with Crippen LogP contribution in [-0.4, -0.2) is 23.9 Å². The number of ether oxygens (including phenoxy) is 1. The molecule has 2 N–H and O–H groups in total. The maximum absolute atomic E-state index is 12.3. The van der Waals surface area contributed by atoms with Crippen LogP contribution in [0.4, 0.5) is 5.69 Å². The molecule has 0 aliphatic heterocycles. The van der Waals surface area contributed by atoms with Crippen molar-refractivity contribution in [1.29, 1.82) is 0 Å². The quantitative estimate of drug-likeness (QED) is 0.612. The Labute approximate surface area is 145 Å². The smallest absolute Gasteiger partial charge is 0.224 e. The number of amides is 1. The molecule has 0 saturated carbocycles. The molecule has 0 aromatic heterocycles. The Kier molecular flexibility index (Phi) is 5.82. The molecule has 6 heteroatoms. The Morgan fingerprint density at radius 3 is 2.62 bits per heavy atom. The van der Waals surface area contributed by atoms with Crippen LogP contribution in [0.2, 0.25) is 5.02 Å². The molecule has 0 aliphatic carbocycles. The maximum atomic E-state index is 12.3. The Balaban J connectivity index is 2.00. The molecular formula is C18H18ClNO4. The summed E-state index contributed by atoms with van der Waals surface area (Å²) in [6.07, 6.45) is -0.00298.